The SMILES string of the molecule is COc1cc(/C=C2\C(=O)NC(=S)N(c3cccc(Br)c3)C2=O)cc(I)c1OCc1ccccc1Cl. The number of nitrogens with one attached hydrogen (secondary N) is 1. The topological polar surface area (TPSA) is 67.9 Å². The zero-order valence-electron chi connectivity index (χ0n) is 18.2. The lowest BCUT2D eigenvalue weighted by Gasteiger charge is -2.29. The molecule has 10 heteroatoms. The number of halogens is 3. The second-order valence-electron chi connectivity index (χ2n) is 7.35. The molecule has 1 fully saturated rings. The molecule has 0 bridgehead atoms. The van der Waals surface area contributed by atoms with Gasteiger partial charge in [-0.2, -0.15) is 0 Å². The van der Waals surface area contributed by atoms with Crippen LogP contribution < -0.4 is 19.7 Å². The van der Waals surface area contributed by atoms with Crippen molar-refractivity contribution in [2.24, 2.45) is 0 Å². The van der Waals surface area contributed by atoms with Gasteiger partial charge in [0.2, 0.25) is 0 Å². The summed E-state index contributed by atoms with van der Waals surface area (Å²) in [5.74, 6) is -0.102. The lowest BCUT2D eigenvalue weighted by molar-refractivity contribution is -0.122. The van der Waals surface area contributed by atoms with Gasteiger partial charge in [-0.1, -0.05) is 51.8 Å². The first kappa shape index (κ1) is 25.6. The monoisotopic (exact) mass is 682 g/mol. The van der Waals surface area contributed by atoms with Crippen LogP contribution in [0.4, 0.5) is 5.69 Å². The van der Waals surface area contributed by atoms with Crippen molar-refractivity contribution < 1.29 is 19.1 Å². The molecule has 0 atom stereocenters. The van der Waals surface area contributed by atoms with Gasteiger partial charge in [-0.25, -0.2) is 0 Å². The van der Waals surface area contributed by atoms with E-state index >= 15 is 0 Å². The number of amides is 2. The number of benzene rings is 3. The van der Waals surface area contributed by atoms with E-state index < -0.39 is 11.8 Å². The molecule has 0 aromatic heterocycles. The van der Waals surface area contributed by atoms with Crippen LogP contribution in [0.25, 0.3) is 6.08 Å². The van der Waals surface area contributed by atoms with Crippen LogP contribution >= 0.6 is 62.3 Å². The summed E-state index contributed by atoms with van der Waals surface area (Å²) < 4.78 is 13.1. The van der Waals surface area contributed by atoms with Crippen molar-refractivity contribution >= 4 is 91.0 Å². The summed E-state index contributed by atoms with van der Waals surface area (Å²) in [5.41, 5.74) is 1.92. The van der Waals surface area contributed by atoms with Crippen LogP contribution in [0.3, 0.4) is 0 Å². The minimum Gasteiger partial charge on any atom is -0.493 e. The summed E-state index contributed by atoms with van der Waals surface area (Å²) in [7, 11) is 1.52. The Balaban J connectivity index is 1.65. The molecular weight excluding hydrogens is 667 g/mol. The van der Waals surface area contributed by atoms with Gasteiger partial charge >= 0.3 is 0 Å². The second kappa shape index (κ2) is 11.1. The maximum absolute atomic E-state index is 13.3. The average molecular weight is 684 g/mol. The Labute approximate surface area is 234 Å². The molecule has 0 spiro atoms. The average Bonchev–Trinajstić information content (AvgIpc) is 2.81. The highest BCUT2D eigenvalue weighted by atomic mass is 127. The predicted molar refractivity (Wildman–Crippen MR) is 152 cm³/mol. The quantitative estimate of drug-likeness (QED) is 0.147. The first-order valence-electron chi connectivity index (χ1n) is 10.2. The first-order valence-corrected chi connectivity index (χ1v) is 12.8. The largest absolute Gasteiger partial charge is 0.493 e. The molecular formula is C25H17BrClIN2O4S. The number of hydrogen-bond acceptors (Lipinski definition) is 5. The van der Waals surface area contributed by atoms with Gasteiger partial charge in [0.25, 0.3) is 11.8 Å². The Hall–Kier alpha value is -2.47. The van der Waals surface area contributed by atoms with E-state index in [0.29, 0.717) is 27.8 Å². The van der Waals surface area contributed by atoms with Crippen molar-refractivity contribution in [3.63, 3.8) is 0 Å². The molecule has 1 aliphatic rings. The second-order valence-corrected chi connectivity index (χ2v) is 10.2. The van der Waals surface area contributed by atoms with Crippen LogP contribution in [0.5, 0.6) is 11.5 Å². The molecule has 0 radical (unpaired) electrons. The Morgan fingerprint density at radius 3 is 2.63 bits per heavy atom. The zero-order valence-corrected chi connectivity index (χ0v) is 23.5. The van der Waals surface area contributed by atoms with E-state index in [9.17, 15) is 9.59 Å². The van der Waals surface area contributed by atoms with E-state index in [1.807, 2.05) is 24.3 Å². The molecule has 1 N–H and O–H groups in total. The number of anilines is 1. The van der Waals surface area contributed by atoms with Crippen LogP contribution in [-0.2, 0) is 16.2 Å². The summed E-state index contributed by atoms with van der Waals surface area (Å²) in [5, 5.41) is 3.22. The van der Waals surface area contributed by atoms with Gasteiger partial charge in [0.15, 0.2) is 16.6 Å². The fourth-order valence-corrected chi connectivity index (χ4v) is 5.04. The van der Waals surface area contributed by atoms with Gasteiger partial charge in [-0.15, -0.1) is 0 Å². The molecule has 178 valence electrons. The van der Waals surface area contributed by atoms with E-state index in [4.69, 9.17) is 33.3 Å². The van der Waals surface area contributed by atoms with E-state index in [1.54, 1.807) is 36.4 Å². The number of hydrogen-bond donors (Lipinski definition) is 1. The van der Waals surface area contributed by atoms with E-state index in [-0.39, 0.29) is 17.3 Å². The molecule has 3 aromatic rings. The van der Waals surface area contributed by atoms with Gasteiger partial charge in [0, 0.05) is 15.1 Å². The fourth-order valence-electron chi connectivity index (χ4n) is 3.40. The van der Waals surface area contributed by atoms with Crippen LogP contribution in [0.2, 0.25) is 5.02 Å². The highest BCUT2D eigenvalue weighted by Crippen LogP contribution is 2.36. The van der Waals surface area contributed by atoms with Crippen molar-refractivity contribution in [2.45, 2.75) is 6.61 Å². The number of rotatable bonds is 6. The minimum atomic E-state index is -0.570. The Morgan fingerprint density at radius 2 is 1.91 bits per heavy atom. The molecule has 4 rings (SSSR count). The number of carbonyl (C=O) groups excluding carboxylic acids is 2. The molecule has 6 nitrogen and oxygen atoms in total. The van der Waals surface area contributed by atoms with Crippen molar-refractivity contribution in [1.82, 2.24) is 5.32 Å². The molecule has 0 saturated carbocycles. The number of thiocarbonyl (C=S) groups is 1. The fraction of sp³-hybridized carbons (Fsp3) is 0.0800. The Kier molecular flexibility index (Phi) is 8.10. The third-order valence-corrected chi connectivity index (χ3v) is 7.01. The van der Waals surface area contributed by atoms with Gasteiger partial charge in [0.05, 0.1) is 16.4 Å². The maximum Gasteiger partial charge on any atom is 0.270 e. The number of methoxy groups -OCH3 is 1. The lowest BCUT2D eigenvalue weighted by atomic mass is 10.1. The smallest absolute Gasteiger partial charge is 0.270 e. The van der Waals surface area contributed by atoms with E-state index in [2.05, 4.69) is 43.8 Å². The highest BCUT2D eigenvalue weighted by Gasteiger charge is 2.34. The summed E-state index contributed by atoms with van der Waals surface area (Å²) in [4.78, 5) is 27.2. The van der Waals surface area contributed by atoms with Crippen molar-refractivity contribution in [3.8, 4) is 11.5 Å². The van der Waals surface area contributed by atoms with Crippen LogP contribution in [0.1, 0.15) is 11.1 Å². The lowest BCUT2D eigenvalue weighted by Crippen LogP contribution is -2.54. The maximum atomic E-state index is 13.3. The molecule has 3 aromatic carbocycles. The Bertz CT molecular complexity index is 1380. The molecule has 2 amide bonds. The molecule has 0 unspecified atom stereocenters. The summed E-state index contributed by atoms with van der Waals surface area (Å²) in [6.07, 6.45) is 1.51. The summed E-state index contributed by atoms with van der Waals surface area (Å²) in [6.45, 7) is 0.256. The molecule has 35 heavy (non-hydrogen) atoms. The van der Waals surface area contributed by atoms with Crippen molar-refractivity contribution in [1.29, 1.82) is 0 Å². The predicted octanol–water partition coefficient (Wildman–Crippen LogP) is 6.13. The third kappa shape index (κ3) is 5.69. The van der Waals surface area contributed by atoms with E-state index in [1.165, 1.54) is 18.1 Å². The molecule has 1 saturated heterocycles. The molecule has 0 aliphatic carbocycles. The van der Waals surface area contributed by atoms with Crippen LogP contribution in [0.15, 0.2) is 70.7 Å². The first-order chi connectivity index (χ1) is 16.8. The van der Waals surface area contributed by atoms with Crippen molar-refractivity contribution in [2.75, 3.05) is 12.0 Å². The van der Waals surface area contributed by atoms with E-state index in [0.717, 1.165) is 13.6 Å². The van der Waals surface area contributed by atoms with Gasteiger partial charge in [-0.3, -0.25) is 19.8 Å². The molecule has 1 aliphatic heterocycles. The zero-order chi connectivity index (χ0) is 25.1. The number of carbonyl (C=O) groups is 2. The summed E-state index contributed by atoms with van der Waals surface area (Å²) in [6, 6.07) is 18.0. The van der Waals surface area contributed by atoms with Crippen LogP contribution in [0, 0.1) is 3.57 Å². The Morgan fingerprint density at radius 1 is 1.14 bits per heavy atom. The van der Waals surface area contributed by atoms with Gasteiger partial charge < -0.3 is 9.47 Å². The van der Waals surface area contributed by atoms with Gasteiger partial charge in [0.1, 0.15) is 12.2 Å². The highest BCUT2D eigenvalue weighted by molar-refractivity contribution is 14.1. The number of nitrogens with zero attached hydrogens (tertiary/aromatic N) is 1. The van der Waals surface area contributed by atoms with Gasteiger partial charge in [-0.05, 0) is 82.8 Å². The van der Waals surface area contributed by atoms with Crippen LogP contribution in [-0.4, -0.2) is 24.0 Å². The third-order valence-electron chi connectivity index (χ3n) is 5.06. The number of ether oxygens (including phenoxy) is 2. The summed E-state index contributed by atoms with van der Waals surface area (Å²) >= 11 is 17.0. The normalized spacial score (nSPS) is 14.8. The standard InChI is InChI=1S/C25H17BrClIN2O4S/c1-33-21-11-14(10-20(28)22(21)34-13-15-5-2-3-8-19(15)27)9-18-23(31)29-25(35)30(24(18)32)17-7-4-6-16(26)12-17/h2-12H,13H2,1H3,(H,29,31,35)/b18-9+. The molecule has 1 heterocycles. The van der Waals surface area contributed by atoms with Crippen molar-refractivity contribution in [3.05, 3.63) is 90.4 Å². The minimum absolute atomic E-state index is 0.0192.